The Morgan fingerprint density at radius 1 is 1.08 bits per heavy atom. The molecule has 4 heteroatoms. The summed E-state index contributed by atoms with van der Waals surface area (Å²) >= 11 is 0. The van der Waals surface area contributed by atoms with Crippen LogP contribution >= 0.6 is 0 Å². The maximum atomic E-state index is 12.6. The van der Waals surface area contributed by atoms with Crippen molar-refractivity contribution in [1.82, 2.24) is 9.88 Å². The molecule has 4 nitrogen and oxygen atoms in total. The fraction of sp³-hybridized carbons (Fsp3) is 0.400. The summed E-state index contributed by atoms with van der Waals surface area (Å²) in [5, 5.41) is 3.31. The zero-order chi connectivity index (χ0) is 17.5. The third kappa shape index (κ3) is 4.57. The highest BCUT2D eigenvalue weighted by atomic mass is 16.2. The van der Waals surface area contributed by atoms with Crippen molar-refractivity contribution in [2.45, 2.75) is 40.5 Å². The lowest BCUT2D eigenvalue weighted by atomic mass is 10.1. The minimum atomic E-state index is 0.0595. The molecule has 2 aromatic rings. The average Bonchev–Trinajstić information content (AvgIpc) is 2.57. The van der Waals surface area contributed by atoms with Crippen molar-refractivity contribution in [3.63, 3.8) is 0 Å². The van der Waals surface area contributed by atoms with E-state index in [0.29, 0.717) is 5.56 Å². The number of anilines is 2. The molecule has 0 aliphatic carbocycles. The number of amides is 1. The van der Waals surface area contributed by atoms with Crippen molar-refractivity contribution >= 4 is 17.4 Å². The van der Waals surface area contributed by atoms with Crippen molar-refractivity contribution in [1.29, 1.82) is 0 Å². The van der Waals surface area contributed by atoms with E-state index in [-0.39, 0.29) is 5.91 Å². The molecule has 128 valence electrons. The number of carbonyl (C=O) groups excluding carboxylic acids is 1. The van der Waals surface area contributed by atoms with Gasteiger partial charge in [0.1, 0.15) is 5.82 Å². The minimum absolute atomic E-state index is 0.0595. The van der Waals surface area contributed by atoms with Crippen molar-refractivity contribution < 1.29 is 4.79 Å². The normalized spacial score (nSPS) is 10.5. The van der Waals surface area contributed by atoms with Crippen molar-refractivity contribution in [2.75, 3.05) is 18.4 Å². The maximum absolute atomic E-state index is 12.6. The summed E-state index contributed by atoms with van der Waals surface area (Å²) in [6.45, 7) is 9.90. The quantitative estimate of drug-likeness (QED) is 0.802. The molecule has 0 saturated heterocycles. The molecule has 0 unspecified atom stereocenters. The van der Waals surface area contributed by atoms with E-state index in [2.05, 4.69) is 56.2 Å². The van der Waals surface area contributed by atoms with E-state index >= 15 is 0 Å². The summed E-state index contributed by atoms with van der Waals surface area (Å²) in [6.07, 6.45) is 3.59. The largest absolute Gasteiger partial charge is 0.340 e. The Kier molecular flexibility index (Phi) is 6.36. The summed E-state index contributed by atoms with van der Waals surface area (Å²) in [6, 6.07) is 9.96. The van der Waals surface area contributed by atoms with Crippen LogP contribution in [0, 0.1) is 13.8 Å². The second-order valence-electron chi connectivity index (χ2n) is 6.17. The van der Waals surface area contributed by atoms with Gasteiger partial charge in [0.2, 0.25) is 0 Å². The van der Waals surface area contributed by atoms with Crippen molar-refractivity contribution in [3.05, 3.63) is 53.2 Å². The topological polar surface area (TPSA) is 45.2 Å². The Morgan fingerprint density at radius 3 is 2.33 bits per heavy atom. The number of nitrogens with one attached hydrogen (secondary N) is 1. The molecule has 0 fully saturated rings. The molecule has 0 aliphatic heterocycles. The molecule has 0 atom stereocenters. The Labute approximate surface area is 144 Å². The van der Waals surface area contributed by atoms with Gasteiger partial charge in [0.05, 0.1) is 5.56 Å². The molecular formula is C20H27N3O. The van der Waals surface area contributed by atoms with Gasteiger partial charge in [-0.1, -0.05) is 31.5 Å². The molecule has 0 spiro atoms. The zero-order valence-electron chi connectivity index (χ0n) is 15.1. The number of rotatable bonds is 7. The number of nitrogens with zero attached hydrogens (tertiary/aromatic N) is 2. The smallest absolute Gasteiger partial charge is 0.255 e. The van der Waals surface area contributed by atoms with E-state index in [4.69, 9.17) is 0 Å². The van der Waals surface area contributed by atoms with Gasteiger partial charge in [-0.3, -0.25) is 4.79 Å². The van der Waals surface area contributed by atoms with Gasteiger partial charge in [-0.05, 0) is 50.5 Å². The van der Waals surface area contributed by atoms with Gasteiger partial charge >= 0.3 is 0 Å². The number of hydrogen-bond donors (Lipinski definition) is 1. The zero-order valence-corrected chi connectivity index (χ0v) is 15.1. The van der Waals surface area contributed by atoms with Gasteiger partial charge in [-0.15, -0.1) is 0 Å². The van der Waals surface area contributed by atoms with Crippen LogP contribution in [0.25, 0.3) is 0 Å². The Hall–Kier alpha value is -2.36. The van der Waals surface area contributed by atoms with Gasteiger partial charge in [0.15, 0.2) is 0 Å². The number of hydrogen-bond acceptors (Lipinski definition) is 3. The summed E-state index contributed by atoms with van der Waals surface area (Å²) in [7, 11) is 0. The third-order valence-corrected chi connectivity index (χ3v) is 3.93. The minimum Gasteiger partial charge on any atom is -0.340 e. The SMILES string of the molecule is CCCN(CCC)C(=O)c1ccc(Nc2ccc(C)cc2C)nc1. The summed E-state index contributed by atoms with van der Waals surface area (Å²) in [5.41, 5.74) is 4.08. The monoisotopic (exact) mass is 325 g/mol. The molecular weight excluding hydrogens is 298 g/mol. The number of aryl methyl sites for hydroxylation is 2. The second-order valence-corrected chi connectivity index (χ2v) is 6.17. The number of pyridine rings is 1. The van der Waals surface area contributed by atoms with Gasteiger partial charge < -0.3 is 10.2 Å². The van der Waals surface area contributed by atoms with Crippen LogP contribution in [0.5, 0.6) is 0 Å². The number of aromatic nitrogens is 1. The Morgan fingerprint density at radius 2 is 1.79 bits per heavy atom. The lowest BCUT2D eigenvalue weighted by Gasteiger charge is -2.21. The predicted octanol–water partition coefficient (Wildman–Crippen LogP) is 4.70. The lowest BCUT2D eigenvalue weighted by Crippen LogP contribution is -2.32. The highest BCUT2D eigenvalue weighted by Gasteiger charge is 2.14. The standard InChI is InChI=1S/C20H27N3O/c1-5-11-23(12-6-2)20(24)17-8-10-19(21-14-17)22-18-9-7-15(3)13-16(18)4/h7-10,13-14H,5-6,11-12H2,1-4H3,(H,21,22). The molecule has 1 N–H and O–H groups in total. The van der Waals surface area contributed by atoms with Crippen LogP contribution in [0.15, 0.2) is 36.5 Å². The molecule has 2 rings (SSSR count). The Bertz CT molecular complexity index is 674. The first kappa shape index (κ1) is 18.0. The lowest BCUT2D eigenvalue weighted by molar-refractivity contribution is 0.0755. The van der Waals surface area contributed by atoms with E-state index in [1.807, 2.05) is 17.0 Å². The number of benzene rings is 1. The fourth-order valence-electron chi connectivity index (χ4n) is 2.72. The van der Waals surface area contributed by atoms with Crippen LogP contribution in [0.4, 0.5) is 11.5 Å². The molecule has 24 heavy (non-hydrogen) atoms. The van der Waals surface area contributed by atoms with Crippen LogP contribution < -0.4 is 5.32 Å². The molecule has 1 amide bonds. The predicted molar refractivity (Wildman–Crippen MR) is 99.9 cm³/mol. The summed E-state index contributed by atoms with van der Waals surface area (Å²) in [4.78, 5) is 18.9. The van der Waals surface area contributed by atoms with Crippen LogP contribution in [-0.2, 0) is 0 Å². The molecule has 1 heterocycles. The van der Waals surface area contributed by atoms with Gasteiger partial charge in [0, 0.05) is 25.0 Å². The summed E-state index contributed by atoms with van der Waals surface area (Å²) in [5.74, 6) is 0.806. The molecule has 0 bridgehead atoms. The molecule has 1 aromatic heterocycles. The van der Waals surface area contributed by atoms with Crippen LogP contribution in [0.1, 0.15) is 48.2 Å². The van der Waals surface area contributed by atoms with E-state index in [1.54, 1.807) is 6.20 Å². The molecule has 0 saturated carbocycles. The fourth-order valence-corrected chi connectivity index (χ4v) is 2.72. The second kappa shape index (κ2) is 8.48. The van der Waals surface area contributed by atoms with Crippen molar-refractivity contribution in [2.24, 2.45) is 0 Å². The Balaban J connectivity index is 2.10. The van der Waals surface area contributed by atoms with Gasteiger partial charge in [-0.2, -0.15) is 0 Å². The first-order valence-electron chi connectivity index (χ1n) is 8.64. The third-order valence-electron chi connectivity index (χ3n) is 3.93. The molecule has 0 radical (unpaired) electrons. The highest BCUT2D eigenvalue weighted by molar-refractivity contribution is 5.94. The van der Waals surface area contributed by atoms with E-state index < -0.39 is 0 Å². The molecule has 1 aromatic carbocycles. The molecule has 0 aliphatic rings. The van der Waals surface area contributed by atoms with Crippen molar-refractivity contribution in [3.8, 4) is 0 Å². The van der Waals surface area contributed by atoms with E-state index in [0.717, 1.165) is 37.4 Å². The highest BCUT2D eigenvalue weighted by Crippen LogP contribution is 2.20. The van der Waals surface area contributed by atoms with Gasteiger partial charge in [-0.25, -0.2) is 4.98 Å². The first-order chi connectivity index (χ1) is 11.5. The summed E-state index contributed by atoms with van der Waals surface area (Å²) < 4.78 is 0. The van der Waals surface area contributed by atoms with Crippen LogP contribution in [0.2, 0.25) is 0 Å². The first-order valence-corrected chi connectivity index (χ1v) is 8.64. The van der Waals surface area contributed by atoms with E-state index in [1.165, 1.54) is 11.1 Å². The number of carbonyl (C=O) groups is 1. The van der Waals surface area contributed by atoms with Crippen LogP contribution in [0.3, 0.4) is 0 Å². The van der Waals surface area contributed by atoms with E-state index in [9.17, 15) is 4.79 Å². The van der Waals surface area contributed by atoms with Gasteiger partial charge in [0.25, 0.3) is 5.91 Å². The maximum Gasteiger partial charge on any atom is 0.255 e. The van der Waals surface area contributed by atoms with Crippen LogP contribution in [-0.4, -0.2) is 28.9 Å². The average molecular weight is 325 g/mol.